The van der Waals surface area contributed by atoms with Crippen LogP contribution >= 0.6 is 23.2 Å². The second-order valence-corrected chi connectivity index (χ2v) is 4.97. The molecule has 1 aromatic carbocycles. The summed E-state index contributed by atoms with van der Waals surface area (Å²) in [5, 5.41) is 9.42. The average molecular weight is 301 g/mol. The highest BCUT2D eigenvalue weighted by Crippen LogP contribution is 2.51. The van der Waals surface area contributed by atoms with Crippen LogP contribution in [0, 0.1) is 0 Å². The van der Waals surface area contributed by atoms with Gasteiger partial charge in [0.1, 0.15) is 0 Å². The van der Waals surface area contributed by atoms with E-state index in [4.69, 9.17) is 27.9 Å². The first-order chi connectivity index (χ1) is 8.24. The van der Waals surface area contributed by atoms with Gasteiger partial charge in [-0.25, -0.2) is 0 Å². The molecule has 1 N–H and O–H groups in total. The van der Waals surface area contributed by atoms with Gasteiger partial charge in [-0.3, -0.25) is 0 Å². The van der Waals surface area contributed by atoms with Crippen LogP contribution in [0.2, 0.25) is 10.0 Å². The van der Waals surface area contributed by atoms with Crippen LogP contribution in [0.15, 0.2) is 18.2 Å². The summed E-state index contributed by atoms with van der Waals surface area (Å²) in [4.78, 5) is 0. The van der Waals surface area contributed by atoms with Crippen LogP contribution in [0.3, 0.4) is 0 Å². The Balaban J connectivity index is 2.54. The molecule has 1 aliphatic rings. The molecule has 0 spiro atoms. The average Bonchev–Trinajstić information content (AvgIpc) is 2.59. The minimum atomic E-state index is -4.65. The van der Waals surface area contributed by atoms with E-state index in [1.807, 2.05) is 0 Å². The fourth-order valence-corrected chi connectivity index (χ4v) is 2.57. The van der Waals surface area contributed by atoms with Crippen molar-refractivity contribution in [2.24, 2.45) is 0 Å². The first kappa shape index (κ1) is 13.9. The number of halogens is 5. The Labute approximate surface area is 111 Å². The molecule has 0 bridgehead atoms. The Morgan fingerprint density at radius 1 is 1.22 bits per heavy atom. The largest absolute Gasteiger partial charge is 0.421 e. The van der Waals surface area contributed by atoms with Crippen molar-refractivity contribution in [3.8, 4) is 0 Å². The molecular weight excluding hydrogens is 292 g/mol. The van der Waals surface area contributed by atoms with Crippen molar-refractivity contribution < 1.29 is 23.0 Å². The number of benzene rings is 1. The summed E-state index contributed by atoms with van der Waals surface area (Å²) in [6.07, 6.45) is -6.55. The number of aliphatic hydroxyl groups excluding tert-OH is 1. The summed E-state index contributed by atoms with van der Waals surface area (Å²) in [6.45, 7) is 0. The molecular formula is C11H9Cl2F3O2. The standard InChI is InChI=1S/C11H9Cl2F3O2/c12-7-3-6(4-8(13)5-7)10(11(14,15)16)2-1-9(17)18-10/h3-5,9,17H,1-2H2. The summed E-state index contributed by atoms with van der Waals surface area (Å²) in [5.41, 5.74) is -2.73. The third-order valence-corrected chi connectivity index (χ3v) is 3.30. The maximum atomic E-state index is 13.2. The maximum Gasteiger partial charge on any atom is 0.421 e. The Morgan fingerprint density at radius 2 is 1.78 bits per heavy atom. The predicted octanol–water partition coefficient (Wildman–Crippen LogP) is 3.88. The maximum absolute atomic E-state index is 13.2. The Hall–Kier alpha value is -0.490. The summed E-state index contributed by atoms with van der Waals surface area (Å²) in [5.74, 6) is 0. The third kappa shape index (κ3) is 2.32. The number of rotatable bonds is 1. The van der Waals surface area contributed by atoms with Crippen LogP contribution in [0.5, 0.6) is 0 Å². The lowest BCUT2D eigenvalue weighted by atomic mass is 9.90. The van der Waals surface area contributed by atoms with Crippen molar-refractivity contribution in [3.63, 3.8) is 0 Å². The first-order valence-corrected chi connectivity index (χ1v) is 5.89. The molecule has 1 heterocycles. The van der Waals surface area contributed by atoms with Gasteiger partial charge in [0, 0.05) is 16.5 Å². The summed E-state index contributed by atoms with van der Waals surface area (Å²) >= 11 is 11.4. The van der Waals surface area contributed by atoms with E-state index < -0.39 is 18.1 Å². The third-order valence-electron chi connectivity index (χ3n) is 2.87. The number of ether oxygens (including phenoxy) is 1. The molecule has 1 fully saturated rings. The van der Waals surface area contributed by atoms with Gasteiger partial charge in [0.05, 0.1) is 0 Å². The fourth-order valence-electron chi connectivity index (χ4n) is 2.05. The van der Waals surface area contributed by atoms with Gasteiger partial charge in [0.15, 0.2) is 11.9 Å². The molecule has 1 aliphatic heterocycles. The van der Waals surface area contributed by atoms with Crippen molar-refractivity contribution in [2.75, 3.05) is 0 Å². The topological polar surface area (TPSA) is 29.5 Å². The molecule has 2 nitrogen and oxygen atoms in total. The zero-order valence-corrected chi connectivity index (χ0v) is 10.5. The lowest BCUT2D eigenvalue weighted by Crippen LogP contribution is -2.42. The Morgan fingerprint density at radius 3 is 2.17 bits per heavy atom. The van der Waals surface area contributed by atoms with Crippen molar-refractivity contribution in [2.45, 2.75) is 30.9 Å². The van der Waals surface area contributed by atoms with E-state index in [9.17, 15) is 18.3 Å². The Kier molecular flexibility index (Phi) is 3.53. The molecule has 7 heteroatoms. The molecule has 1 aromatic rings. The number of alkyl halides is 3. The quantitative estimate of drug-likeness (QED) is 0.853. The molecule has 18 heavy (non-hydrogen) atoms. The van der Waals surface area contributed by atoms with E-state index in [-0.39, 0.29) is 28.5 Å². The predicted molar refractivity (Wildman–Crippen MR) is 60.5 cm³/mol. The van der Waals surface area contributed by atoms with Gasteiger partial charge in [-0.05, 0) is 30.2 Å². The highest BCUT2D eigenvalue weighted by molar-refractivity contribution is 6.34. The molecule has 0 aromatic heterocycles. The van der Waals surface area contributed by atoms with Gasteiger partial charge < -0.3 is 9.84 Å². The summed E-state index contributed by atoms with van der Waals surface area (Å²) < 4.78 is 44.4. The Bertz CT molecular complexity index is 444. The van der Waals surface area contributed by atoms with Crippen LogP contribution in [0.4, 0.5) is 13.2 Å². The van der Waals surface area contributed by atoms with Crippen molar-refractivity contribution in [3.05, 3.63) is 33.8 Å². The zero-order valence-electron chi connectivity index (χ0n) is 8.97. The van der Waals surface area contributed by atoms with Gasteiger partial charge in [-0.2, -0.15) is 13.2 Å². The molecule has 2 atom stereocenters. The molecule has 2 rings (SSSR count). The normalized spacial score (nSPS) is 28.7. The molecule has 0 radical (unpaired) electrons. The highest BCUT2D eigenvalue weighted by Gasteiger charge is 2.61. The van der Waals surface area contributed by atoms with Crippen LogP contribution in [-0.4, -0.2) is 17.6 Å². The second-order valence-electron chi connectivity index (χ2n) is 4.09. The van der Waals surface area contributed by atoms with Gasteiger partial charge >= 0.3 is 6.18 Å². The molecule has 100 valence electrons. The fraction of sp³-hybridized carbons (Fsp3) is 0.455. The SMILES string of the molecule is OC1CCC(c2cc(Cl)cc(Cl)c2)(C(F)(F)F)O1. The van der Waals surface area contributed by atoms with Crippen molar-refractivity contribution in [1.82, 2.24) is 0 Å². The van der Waals surface area contributed by atoms with Gasteiger partial charge in [-0.15, -0.1) is 0 Å². The lowest BCUT2D eigenvalue weighted by Gasteiger charge is -2.31. The van der Waals surface area contributed by atoms with E-state index in [0.29, 0.717) is 0 Å². The van der Waals surface area contributed by atoms with E-state index in [2.05, 4.69) is 0 Å². The van der Waals surface area contributed by atoms with E-state index in [1.165, 1.54) is 6.07 Å². The minimum absolute atomic E-state index is 0.0890. The number of aliphatic hydroxyl groups is 1. The van der Waals surface area contributed by atoms with Crippen LogP contribution in [0.1, 0.15) is 18.4 Å². The smallest absolute Gasteiger partial charge is 0.368 e. The van der Waals surface area contributed by atoms with E-state index >= 15 is 0 Å². The molecule has 0 aliphatic carbocycles. The zero-order chi connectivity index (χ0) is 13.6. The summed E-state index contributed by atoms with van der Waals surface area (Å²) in [6, 6.07) is 3.64. The van der Waals surface area contributed by atoms with Gasteiger partial charge in [0.2, 0.25) is 0 Å². The van der Waals surface area contributed by atoms with Crippen molar-refractivity contribution in [1.29, 1.82) is 0 Å². The molecule has 0 saturated carbocycles. The molecule has 2 unspecified atom stereocenters. The first-order valence-electron chi connectivity index (χ1n) is 5.14. The van der Waals surface area contributed by atoms with Crippen molar-refractivity contribution >= 4 is 23.2 Å². The number of hydrogen-bond donors (Lipinski definition) is 1. The monoisotopic (exact) mass is 300 g/mol. The minimum Gasteiger partial charge on any atom is -0.368 e. The van der Waals surface area contributed by atoms with Crippen LogP contribution in [-0.2, 0) is 10.3 Å². The summed E-state index contributed by atoms with van der Waals surface area (Å²) in [7, 11) is 0. The number of hydrogen-bond acceptors (Lipinski definition) is 2. The highest BCUT2D eigenvalue weighted by atomic mass is 35.5. The van der Waals surface area contributed by atoms with Crippen LogP contribution in [0.25, 0.3) is 0 Å². The lowest BCUT2D eigenvalue weighted by molar-refractivity contribution is -0.297. The second kappa shape index (κ2) is 4.56. The van der Waals surface area contributed by atoms with Crippen LogP contribution < -0.4 is 0 Å². The molecule has 0 amide bonds. The van der Waals surface area contributed by atoms with E-state index in [0.717, 1.165) is 12.1 Å². The molecule has 1 saturated heterocycles. The van der Waals surface area contributed by atoms with Gasteiger partial charge in [0.25, 0.3) is 0 Å². The van der Waals surface area contributed by atoms with Gasteiger partial charge in [-0.1, -0.05) is 23.2 Å². The van der Waals surface area contributed by atoms with E-state index in [1.54, 1.807) is 0 Å².